The number of carboxylic acids is 2. The average molecular weight is 402 g/mol. The standard InChI is InChI=1S/C6H14O4.2C6H6O3/c7-1-3-9-5-6-10-4-2-8;2*1-4-2-3-5(9-4)6(7)8/h7-8H,1-6H2;2*2-3H,1H3,(H,7,8). The Morgan fingerprint density at radius 2 is 1.11 bits per heavy atom. The van der Waals surface area contributed by atoms with Crippen molar-refractivity contribution < 1.29 is 48.3 Å². The maximum absolute atomic E-state index is 10.1. The molecular weight excluding hydrogens is 376 g/mol. The fraction of sp³-hybridized carbons (Fsp3) is 0.444. The van der Waals surface area contributed by atoms with Crippen LogP contribution in [0.3, 0.4) is 0 Å². The molecule has 28 heavy (non-hydrogen) atoms. The number of hydrogen-bond acceptors (Lipinski definition) is 8. The molecule has 2 heterocycles. The van der Waals surface area contributed by atoms with Gasteiger partial charge in [-0.2, -0.15) is 0 Å². The van der Waals surface area contributed by atoms with E-state index in [1.807, 2.05) is 0 Å². The van der Waals surface area contributed by atoms with Gasteiger partial charge in [0.05, 0.1) is 39.6 Å². The Bertz CT molecular complexity index is 615. The molecule has 4 N–H and O–H groups in total. The molecule has 0 amide bonds. The summed E-state index contributed by atoms with van der Waals surface area (Å²) >= 11 is 0. The number of carboxylic acid groups (broad SMARTS) is 2. The van der Waals surface area contributed by atoms with Crippen molar-refractivity contribution in [3.63, 3.8) is 0 Å². The highest BCUT2D eigenvalue weighted by molar-refractivity contribution is 5.84. The van der Waals surface area contributed by atoms with Crippen LogP contribution in [0.1, 0.15) is 32.6 Å². The third kappa shape index (κ3) is 12.7. The minimum atomic E-state index is -1.02. The van der Waals surface area contributed by atoms with Gasteiger partial charge < -0.3 is 38.7 Å². The second-order valence-electron chi connectivity index (χ2n) is 5.10. The van der Waals surface area contributed by atoms with E-state index >= 15 is 0 Å². The van der Waals surface area contributed by atoms with Crippen molar-refractivity contribution in [1.29, 1.82) is 0 Å². The molecule has 2 rings (SSSR count). The van der Waals surface area contributed by atoms with Crippen molar-refractivity contribution in [2.75, 3.05) is 39.6 Å². The molecule has 2 aromatic heterocycles. The lowest BCUT2D eigenvalue weighted by Gasteiger charge is -2.01. The van der Waals surface area contributed by atoms with E-state index in [0.717, 1.165) is 0 Å². The Morgan fingerprint density at radius 3 is 1.29 bits per heavy atom. The van der Waals surface area contributed by atoms with Crippen molar-refractivity contribution >= 4 is 11.9 Å². The fourth-order valence-corrected chi connectivity index (χ4v) is 1.55. The predicted molar refractivity (Wildman–Crippen MR) is 96.6 cm³/mol. The number of ether oxygens (including phenoxy) is 2. The van der Waals surface area contributed by atoms with Gasteiger partial charge in [-0.3, -0.25) is 0 Å². The van der Waals surface area contributed by atoms with Crippen LogP contribution in [-0.4, -0.2) is 72.0 Å². The Labute approximate surface area is 161 Å². The van der Waals surface area contributed by atoms with Gasteiger partial charge in [-0.15, -0.1) is 0 Å². The monoisotopic (exact) mass is 402 g/mol. The molecule has 0 aromatic carbocycles. The first-order valence-electron chi connectivity index (χ1n) is 8.28. The summed E-state index contributed by atoms with van der Waals surface area (Å²) in [5.41, 5.74) is 0. The minimum Gasteiger partial charge on any atom is -0.475 e. The van der Waals surface area contributed by atoms with Gasteiger partial charge in [0.1, 0.15) is 11.5 Å². The van der Waals surface area contributed by atoms with Crippen LogP contribution >= 0.6 is 0 Å². The molecule has 0 saturated heterocycles. The quantitative estimate of drug-likeness (QED) is 0.453. The van der Waals surface area contributed by atoms with Crippen LogP contribution in [0.2, 0.25) is 0 Å². The van der Waals surface area contributed by atoms with Crippen LogP contribution in [0.5, 0.6) is 0 Å². The molecule has 0 radical (unpaired) electrons. The molecule has 0 aliphatic heterocycles. The summed E-state index contributed by atoms with van der Waals surface area (Å²) in [4.78, 5) is 20.2. The van der Waals surface area contributed by atoms with E-state index in [9.17, 15) is 9.59 Å². The van der Waals surface area contributed by atoms with Crippen LogP contribution in [0.15, 0.2) is 33.1 Å². The first-order valence-corrected chi connectivity index (χ1v) is 8.28. The van der Waals surface area contributed by atoms with Crippen molar-refractivity contribution in [1.82, 2.24) is 0 Å². The highest BCUT2D eigenvalue weighted by Gasteiger charge is 2.05. The molecule has 0 aliphatic carbocycles. The van der Waals surface area contributed by atoms with E-state index in [2.05, 4.69) is 0 Å². The molecule has 0 unspecified atom stereocenters. The summed E-state index contributed by atoms with van der Waals surface area (Å²) in [5.74, 6) is -0.828. The molecule has 10 heteroatoms. The first-order chi connectivity index (χ1) is 13.3. The SMILES string of the molecule is Cc1ccc(C(=O)O)o1.Cc1ccc(C(=O)O)o1.OCCOCCOCCO. The number of carbonyl (C=O) groups is 2. The molecule has 10 nitrogen and oxygen atoms in total. The largest absolute Gasteiger partial charge is 0.475 e. The van der Waals surface area contributed by atoms with Crippen LogP contribution in [-0.2, 0) is 9.47 Å². The van der Waals surface area contributed by atoms with Gasteiger partial charge in [0.25, 0.3) is 0 Å². The molecular formula is C18H26O10. The Morgan fingerprint density at radius 1 is 0.750 bits per heavy atom. The Kier molecular flexibility index (Phi) is 13.9. The Hall–Kier alpha value is -2.66. The number of aromatic carboxylic acids is 2. The highest BCUT2D eigenvalue weighted by atomic mass is 16.5. The zero-order valence-corrected chi connectivity index (χ0v) is 15.8. The number of aryl methyl sites for hydroxylation is 2. The Balaban J connectivity index is 0.000000391. The second-order valence-corrected chi connectivity index (χ2v) is 5.10. The molecule has 0 aliphatic rings. The van der Waals surface area contributed by atoms with Gasteiger partial charge in [0.15, 0.2) is 0 Å². The lowest BCUT2D eigenvalue weighted by atomic mass is 10.4. The van der Waals surface area contributed by atoms with Gasteiger partial charge in [-0.05, 0) is 38.1 Å². The summed E-state index contributed by atoms with van der Waals surface area (Å²) in [7, 11) is 0. The molecule has 0 bridgehead atoms. The van der Waals surface area contributed by atoms with Crippen molar-refractivity contribution in [2.24, 2.45) is 0 Å². The number of aliphatic hydroxyl groups is 2. The smallest absolute Gasteiger partial charge is 0.371 e. The van der Waals surface area contributed by atoms with E-state index in [-0.39, 0.29) is 24.7 Å². The second kappa shape index (κ2) is 15.4. The van der Waals surface area contributed by atoms with Gasteiger partial charge in [-0.1, -0.05) is 0 Å². The van der Waals surface area contributed by atoms with Gasteiger partial charge in [0, 0.05) is 0 Å². The van der Waals surface area contributed by atoms with Crippen LogP contribution < -0.4 is 0 Å². The number of furan rings is 2. The average Bonchev–Trinajstić information content (AvgIpc) is 3.28. The summed E-state index contributed by atoms with van der Waals surface area (Å²) in [6, 6.07) is 6.09. The summed E-state index contributed by atoms with van der Waals surface area (Å²) < 4.78 is 19.2. The van der Waals surface area contributed by atoms with Crippen molar-refractivity contribution in [2.45, 2.75) is 13.8 Å². The lowest BCUT2D eigenvalue weighted by Crippen LogP contribution is -2.09. The first kappa shape index (κ1) is 25.3. The number of aliphatic hydroxyl groups excluding tert-OH is 2. The third-order valence-electron chi connectivity index (χ3n) is 2.75. The number of hydrogen-bond donors (Lipinski definition) is 4. The minimum absolute atomic E-state index is 0.00694. The van der Waals surface area contributed by atoms with E-state index in [1.165, 1.54) is 12.1 Å². The van der Waals surface area contributed by atoms with Crippen LogP contribution in [0, 0.1) is 13.8 Å². The predicted octanol–water partition coefficient (Wildman–Crippen LogP) is 1.58. The summed E-state index contributed by atoms with van der Waals surface area (Å²) in [6.45, 7) is 5.13. The maximum Gasteiger partial charge on any atom is 0.371 e. The van der Waals surface area contributed by atoms with E-state index in [1.54, 1.807) is 26.0 Å². The van der Waals surface area contributed by atoms with Gasteiger partial charge >= 0.3 is 11.9 Å². The summed E-state index contributed by atoms with van der Waals surface area (Å²) in [6.07, 6.45) is 0. The highest BCUT2D eigenvalue weighted by Crippen LogP contribution is 2.05. The van der Waals surface area contributed by atoms with E-state index in [4.69, 9.17) is 38.7 Å². The normalized spacial score (nSPS) is 9.71. The molecule has 0 spiro atoms. The van der Waals surface area contributed by atoms with Gasteiger partial charge in [-0.25, -0.2) is 9.59 Å². The number of rotatable bonds is 9. The zero-order valence-electron chi connectivity index (χ0n) is 15.8. The lowest BCUT2D eigenvalue weighted by molar-refractivity contribution is 0.0222. The van der Waals surface area contributed by atoms with Crippen LogP contribution in [0.4, 0.5) is 0 Å². The zero-order chi connectivity index (χ0) is 21.4. The topological polar surface area (TPSA) is 160 Å². The van der Waals surface area contributed by atoms with E-state index < -0.39 is 11.9 Å². The fourth-order valence-electron chi connectivity index (χ4n) is 1.55. The van der Waals surface area contributed by atoms with Crippen LogP contribution in [0.25, 0.3) is 0 Å². The van der Waals surface area contributed by atoms with Crippen molar-refractivity contribution in [3.8, 4) is 0 Å². The summed E-state index contributed by atoms with van der Waals surface area (Å²) in [5, 5.41) is 33.1. The molecule has 0 atom stereocenters. The van der Waals surface area contributed by atoms with Crippen molar-refractivity contribution in [3.05, 3.63) is 47.3 Å². The van der Waals surface area contributed by atoms with E-state index in [0.29, 0.717) is 37.9 Å². The maximum atomic E-state index is 10.1. The molecule has 158 valence electrons. The molecule has 0 saturated carbocycles. The molecule has 0 fully saturated rings. The van der Waals surface area contributed by atoms with Gasteiger partial charge in [0.2, 0.25) is 11.5 Å². The molecule has 2 aromatic rings. The third-order valence-corrected chi connectivity index (χ3v) is 2.75.